The van der Waals surface area contributed by atoms with Crippen LogP contribution in [0.1, 0.15) is 6.92 Å². The highest BCUT2D eigenvalue weighted by atomic mass is 35.5. The molecule has 13 heavy (non-hydrogen) atoms. The second kappa shape index (κ2) is 2.94. The van der Waals surface area contributed by atoms with Crippen molar-refractivity contribution in [1.82, 2.24) is 4.90 Å². The number of allylic oxidation sites excluding steroid dienone is 2. The maximum Gasteiger partial charge on any atom is 0.417 e. The molecule has 1 atom stereocenters. The largest absolute Gasteiger partial charge is 0.417 e. The van der Waals surface area contributed by atoms with E-state index in [0.717, 1.165) is 12.3 Å². The van der Waals surface area contributed by atoms with E-state index >= 15 is 0 Å². The fraction of sp³-hybridized carbons (Fsp3) is 0.500. The van der Waals surface area contributed by atoms with Crippen molar-refractivity contribution in [2.75, 3.05) is 7.05 Å². The first-order valence-electron chi connectivity index (χ1n) is 3.63. The first kappa shape index (κ1) is 10.4. The van der Waals surface area contributed by atoms with Crippen molar-refractivity contribution in [3.63, 3.8) is 0 Å². The lowest BCUT2D eigenvalue weighted by Crippen LogP contribution is -2.36. The molecule has 0 saturated carbocycles. The third-order valence-corrected chi connectivity index (χ3v) is 2.31. The Bertz CT molecular complexity index is 265. The summed E-state index contributed by atoms with van der Waals surface area (Å²) >= 11 is 5.87. The average Bonchev–Trinajstić information content (AvgIpc) is 1.92. The average molecular weight is 212 g/mol. The SMILES string of the molecule is CN1C=C(C(F)(F)F)C=CC1(C)Cl. The maximum absolute atomic E-state index is 12.2. The van der Waals surface area contributed by atoms with E-state index in [0.29, 0.717) is 0 Å². The van der Waals surface area contributed by atoms with Crippen LogP contribution in [0.2, 0.25) is 0 Å². The molecule has 0 aromatic heterocycles. The van der Waals surface area contributed by atoms with Gasteiger partial charge < -0.3 is 4.90 Å². The lowest BCUT2D eigenvalue weighted by Gasteiger charge is -2.33. The Hall–Kier alpha value is -0.640. The van der Waals surface area contributed by atoms with Gasteiger partial charge in [0.15, 0.2) is 0 Å². The van der Waals surface area contributed by atoms with Gasteiger partial charge in [-0.2, -0.15) is 13.2 Å². The Labute approximate surface area is 79.5 Å². The third-order valence-electron chi connectivity index (χ3n) is 1.92. The van der Waals surface area contributed by atoms with Crippen molar-refractivity contribution in [2.24, 2.45) is 0 Å². The summed E-state index contributed by atoms with van der Waals surface area (Å²) in [5.41, 5.74) is -0.687. The molecule has 1 rings (SSSR count). The van der Waals surface area contributed by atoms with E-state index in [1.165, 1.54) is 18.0 Å². The lowest BCUT2D eigenvalue weighted by molar-refractivity contribution is -0.0897. The molecule has 0 aromatic rings. The maximum atomic E-state index is 12.2. The summed E-state index contributed by atoms with van der Waals surface area (Å²) in [6.07, 6.45) is -1.00. The topological polar surface area (TPSA) is 3.24 Å². The van der Waals surface area contributed by atoms with E-state index < -0.39 is 16.7 Å². The molecule has 0 amide bonds. The fourth-order valence-corrected chi connectivity index (χ4v) is 1.02. The summed E-state index contributed by atoms with van der Waals surface area (Å²) in [6.45, 7) is 1.62. The van der Waals surface area contributed by atoms with Crippen LogP contribution in [0.15, 0.2) is 23.9 Å². The molecule has 74 valence electrons. The van der Waals surface area contributed by atoms with Gasteiger partial charge in [0.1, 0.15) is 5.00 Å². The molecule has 0 aliphatic carbocycles. The van der Waals surface area contributed by atoms with Gasteiger partial charge >= 0.3 is 6.18 Å². The Morgan fingerprint density at radius 2 is 2.00 bits per heavy atom. The number of halogens is 4. The zero-order valence-electron chi connectivity index (χ0n) is 7.19. The van der Waals surface area contributed by atoms with Gasteiger partial charge in [-0.1, -0.05) is 11.6 Å². The van der Waals surface area contributed by atoms with E-state index in [1.54, 1.807) is 6.92 Å². The van der Waals surface area contributed by atoms with Crippen LogP contribution in [0.4, 0.5) is 13.2 Å². The van der Waals surface area contributed by atoms with Crippen molar-refractivity contribution < 1.29 is 13.2 Å². The number of hydrogen-bond donors (Lipinski definition) is 0. The first-order chi connectivity index (χ1) is 5.73. The Kier molecular flexibility index (Phi) is 2.36. The van der Waals surface area contributed by atoms with Crippen LogP contribution in [0.25, 0.3) is 0 Å². The van der Waals surface area contributed by atoms with E-state index in [2.05, 4.69) is 0 Å². The highest BCUT2D eigenvalue weighted by Gasteiger charge is 2.36. The molecule has 0 spiro atoms. The van der Waals surface area contributed by atoms with Gasteiger partial charge in [-0.15, -0.1) is 0 Å². The third kappa shape index (κ3) is 2.18. The summed E-state index contributed by atoms with van der Waals surface area (Å²) < 4.78 is 36.5. The second-order valence-corrected chi connectivity index (χ2v) is 3.82. The molecule has 0 radical (unpaired) electrons. The van der Waals surface area contributed by atoms with Crippen LogP contribution in [0, 0.1) is 0 Å². The Balaban J connectivity index is 2.93. The molecule has 5 heteroatoms. The molecule has 0 fully saturated rings. The zero-order valence-corrected chi connectivity index (χ0v) is 7.95. The van der Waals surface area contributed by atoms with Crippen LogP contribution in [-0.2, 0) is 0 Å². The summed E-state index contributed by atoms with van der Waals surface area (Å²) in [4.78, 5) is 0.451. The van der Waals surface area contributed by atoms with Crippen molar-refractivity contribution in [3.05, 3.63) is 23.9 Å². The lowest BCUT2D eigenvalue weighted by atomic mass is 10.1. The smallest absolute Gasteiger partial charge is 0.358 e. The van der Waals surface area contributed by atoms with Gasteiger partial charge in [0.25, 0.3) is 0 Å². The molecular formula is C8H9ClF3N. The van der Waals surface area contributed by atoms with Crippen LogP contribution < -0.4 is 0 Å². The van der Waals surface area contributed by atoms with E-state index in [1.807, 2.05) is 0 Å². The normalized spacial score (nSPS) is 29.1. The summed E-state index contributed by atoms with van der Waals surface area (Å²) in [7, 11) is 1.50. The number of likely N-dealkylation sites (N-methyl/N-ethyl adjacent to an activating group) is 1. The molecule has 1 aliphatic heterocycles. The number of nitrogens with zero attached hydrogens (tertiary/aromatic N) is 1. The van der Waals surface area contributed by atoms with Crippen LogP contribution in [0.3, 0.4) is 0 Å². The van der Waals surface area contributed by atoms with Crippen molar-refractivity contribution in [3.8, 4) is 0 Å². The zero-order chi connectivity index (χ0) is 10.3. The van der Waals surface area contributed by atoms with Gasteiger partial charge in [0.2, 0.25) is 0 Å². The van der Waals surface area contributed by atoms with E-state index in [-0.39, 0.29) is 0 Å². The monoisotopic (exact) mass is 211 g/mol. The van der Waals surface area contributed by atoms with Crippen molar-refractivity contribution >= 4 is 11.6 Å². The molecule has 0 saturated heterocycles. The second-order valence-electron chi connectivity index (χ2n) is 3.05. The molecule has 1 nitrogen and oxygen atoms in total. The standard InChI is InChI=1S/C8H9ClF3N/c1-7(9)4-3-6(5-13(7)2)8(10,11)12/h3-5H,1-2H3. The number of rotatable bonds is 0. The molecule has 0 N–H and O–H groups in total. The van der Waals surface area contributed by atoms with Gasteiger partial charge in [-0.3, -0.25) is 0 Å². The summed E-state index contributed by atoms with van der Waals surface area (Å²) in [5.74, 6) is 0. The first-order valence-corrected chi connectivity index (χ1v) is 4.01. The molecule has 0 bridgehead atoms. The van der Waals surface area contributed by atoms with Crippen LogP contribution >= 0.6 is 11.6 Å². The molecular weight excluding hydrogens is 203 g/mol. The van der Waals surface area contributed by atoms with Gasteiger partial charge in [-0.25, -0.2) is 0 Å². The predicted molar refractivity (Wildman–Crippen MR) is 45.3 cm³/mol. The van der Waals surface area contributed by atoms with E-state index in [9.17, 15) is 13.2 Å². The fourth-order valence-electron chi connectivity index (χ4n) is 0.905. The summed E-state index contributed by atoms with van der Waals surface area (Å²) in [6, 6.07) is 0. The minimum atomic E-state index is -4.31. The molecule has 1 aliphatic rings. The quantitative estimate of drug-likeness (QED) is 0.440. The Morgan fingerprint density at radius 1 is 1.46 bits per heavy atom. The van der Waals surface area contributed by atoms with Gasteiger partial charge in [0, 0.05) is 13.2 Å². The molecule has 1 unspecified atom stereocenters. The highest BCUT2D eigenvalue weighted by molar-refractivity contribution is 6.24. The van der Waals surface area contributed by atoms with Crippen LogP contribution in [0.5, 0.6) is 0 Å². The van der Waals surface area contributed by atoms with Gasteiger partial charge in [0.05, 0.1) is 5.57 Å². The Morgan fingerprint density at radius 3 is 2.38 bits per heavy atom. The van der Waals surface area contributed by atoms with Crippen molar-refractivity contribution in [1.29, 1.82) is 0 Å². The number of hydrogen-bond acceptors (Lipinski definition) is 1. The number of alkyl halides is 4. The minimum absolute atomic E-state index is 0.687. The van der Waals surface area contributed by atoms with Gasteiger partial charge in [-0.05, 0) is 19.1 Å². The van der Waals surface area contributed by atoms with Crippen molar-refractivity contribution in [2.45, 2.75) is 18.1 Å². The summed E-state index contributed by atoms with van der Waals surface area (Å²) in [5, 5.41) is 0. The van der Waals surface area contributed by atoms with E-state index in [4.69, 9.17) is 11.6 Å². The van der Waals surface area contributed by atoms with Crippen LogP contribution in [-0.4, -0.2) is 23.1 Å². The predicted octanol–water partition coefficient (Wildman–Crippen LogP) is 2.89. The highest BCUT2D eigenvalue weighted by Crippen LogP contribution is 2.33. The minimum Gasteiger partial charge on any atom is -0.358 e. The molecule has 0 aromatic carbocycles. The molecule has 1 heterocycles.